The Morgan fingerprint density at radius 3 is 1.88 bits per heavy atom. The van der Waals surface area contributed by atoms with Gasteiger partial charge in [0.1, 0.15) is 12.2 Å². The molecule has 6 fully saturated rings. The van der Waals surface area contributed by atoms with Crippen molar-refractivity contribution >= 4 is 29.5 Å². The number of rotatable bonds is 5. The zero-order valence-corrected chi connectivity index (χ0v) is 26.0. The molecule has 6 aliphatic rings. The average Bonchev–Trinajstić information content (AvgIpc) is 3.69. The number of carbonyl (C=O) groups excluding carboxylic acids is 1. The third-order valence-electron chi connectivity index (χ3n) is 11.4. The van der Waals surface area contributed by atoms with Crippen LogP contribution in [0.25, 0.3) is 0 Å². The van der Waals surface area contributed by atoms with Gasteiger partial charge in [-0.1, -0.05) is 0 Å². The van der Waals surface area contributed by atoms with E-state index in [9.17, 15) is 15.3 Å². The summed E-state index contributed by atoms with van der Waals surface area (Å²) in [6.07, 6.45) is 18.0. The highest BCUT2D eigenvalue weighted by Crippen LogP contribution is 2.51. The Bertz CT molecular complexity index is 1030. The van der Waals surface area contributed by atoms with Crippen molar-refractivity contribution in [3.8, 4) is 12.1 Å². The Balaban J connectivity index is 0.936. The fourth-order valence-corrected chi connectivity index (χ4v) is 12.0. The summed E-state index contributed by atoms with van der Waals surface area (Å²) in [4.78, 5) is 13.1. The number of nitrogens with zero attached hydrogens (tertiary/aromatic N) is 2. The molecule has 1 unspecified atom stereocenters. The highest BCUT2D eigenvalue weighted by atomic mass is 32.2. The maximum atomic E-state index is 13.1. The SMILES string of the molecule is N#C/C(C(=O)OC1CCC(C2CCC3(CC2)OCCO3)CC1)=C1\SCC(C2CCC(C3CCC(C#N)CC3)CC2)S1. The number of thioether (sulfide) groups is 2. The van der Waals surface area contributed by atoms with Gasteiger partial charge in [0.25, 0.3) is 0 Å². The van der Waals surface area contributed by atoms with E-state index < -0.39 is 5.97 Å². The summed E-state index contributed by atoms with van der Waals surface area (Å²) in [5.41, 5.74) is 0.238. The minimum Gasteiger partial charge on any atom is -0.458 e. The van der Waals surface area contributed by atoms with Gasteiger partial charge in [0, 0.05) is 29.8 Å². The van der Waals surface area contributed by atoms with Crippen molar-refractivity contribution in [3.05, 3.63) is 9.81 Å². The van der Waals surface area contributed by atoms with E-state index in [0.717, 1.165) is 92.3 Å². The van der Waals surface area contributed by atoms with Crippen LogP contribution in [0.2, 0.25) is 0 Å². The molecule has 41 heavy (non-hydrogen) atoms. The van der Waals surface area contributed by atoms with Crippen LogP contribution in [0.15, 0.2) is 9.81 Å². The molecule has 0 aromatic carbocycles. The molecule has 0 radical (unpaired) electrons. The summed E-state index contributed by atoms with van der Waals surface area (Å²) in [6, 6.07) is 4.69. The second kappa shape index (κ2) is 13.6. The van der Waals surface area contributed by atoms with Crippen LogP contribution in [0, 0.1) is 58.2 Å². The molecule has 4 saturated carbocycles. The number of nitriles is 2. The zero-order valence-electron chi connectivity index (χ0n) is 24.4. The van der Waals surface area contributed by atoms with Gasteiger partial charge in [-0.05, 0) is 119 Å². The van der Waals surface area contributed by atoms with E-state index in [4.69, 9.17) is 14.2 Å². The minimum absolute atomic E-state index is 0.0650. The van der Waals surface area contributed by atoms with E-state index in [1.165, 1.54) is 51.4 Å². The molecule has 0 bridgehead atoms. The fraction of sp³-hybridized carbons (Fsp3) is 0.848. The van der Waals surface area contributed by atoms with Crippen LogP contribution in [-0.4, -0.2) is 42.1 Å². The van der Waals surface area contributed by atoms with E-state index in [-0.39, 0.29) is 23.4 Å². The molecule has 2 aliphatic heterocycles. The second-order valence-corrected chi connectivity index (χ2v) is 16.1. The number of hydrogen-bond donors (Lipinski definition) is 0. The van der Waals surface area contributed by atoms with E-state index in [0.29, 0.717) is 17.1 Å². The van der Waals surface area contributed by atoms with Crippen molar-refractivity contribution in [1.82, 2.24) is 0 Å². The zero-order chi connectivity index (χ0) is 28.2. The Kier molecular flexibility index (Phi) is 9.92. The van der Waals surface area contributed by atoms with E-state index >= 15 is 0 Å². The first-order valence-corrected chi connectivity index (χ1v) is 18.2. The highest BCUT2D eigenvalue weighted by Gasteiger charge is 2.43. The Hall–Kier alpha value is -1.19. The molecular weight excluding hydrogens is 553 g/mol. The normalized spacial score (nSPS) is 39.1. The molecule has 4 aliphatic carbocycles. The lowest BCUT2D eigenvalue weighted by molar-refractivity contribution is -0.185. The monoisotopic (exact) mass is 598 g/mol. The Labute approximate surface area is 254 Å². The lowest BCUT2D eigenvalue weighted by atomic mass is 9.69. The topological polar surface area (TPSA) is 92.3 Å². The van der Waals surface area contributed by atoms with Gasteiger partial charge >= 0.3 is 5.97 Å². The molecule has 2 heterocycles. The van der Waals surface area contributed by atoms with Crippen LogP contribution in [0.3, 0.4) is 0 Å². The molecule has 0 N–H and O–H groups in total. The van der Waals surface area contributed by atoms with Gasteiger partial charge < -0.3 is 14.2 Å². The van der Waals surface area contributed by atoms with E-state index in [1.807, 2.05) is 0 Å². The lowest BCUT2D eigenvalue weighted by Gasteiger charge is -2.40. The van der Waals surface area contributed by atoms with Gasteiger partial charge in [0.2, 0.25) is 0 Å². The standard InChI is InChI=1S/C33H46N2O4S2/c34-19-22-1-3-23(4-2-22)24-5-7-27(8-6-24)30-21-40-32(41-30)29(20-35)31(36)39-28-11-9-25(10-12-28)26-13-15-33(16-14-26)37-17-18-38-33/h22-28,30H,1-18,21H2/b32-29-. The lowest BCUT2D eigenvalue weighted by Crippen LogP contribution is -2.38. The van der Waals surface area contributed by atoms with Crippen LogP contribution in [0.4, 0.5) is 0 Å². The molecule has 0 amide bonds. The first kappa shape index (κ1) is 29.9. The Morgan fingerprint density at radius 2 is 1.29 bits per heavy atom. The maximum absolute atomic E-state index is 13.1. The molecule has 1 atom stereocenters. The van der Waals surface area contributed by atoms with Gasteiger partial charge in [0.05, 0.1) is 23.5 Å². The van der Waals surface area contributed by atoms with Crippen molar-refractivity contribution in [2.45, 2.75) is 120 Å². The summed E-state index contributed by atoms with van der Waals surface area (Å²) in [6.45, 7) is 1.46. The predicted octanol–water partition coefficient (Wildman–Crippen LogP) is 7.74. The number of ether oxygens (including phenoxy) is 3. The average molecular weight is 599 g/mol. The van der Waals surface area contributed by atoms with Gasteiger partial charge in [-0.15, -0.1) is 23.5 Å². The second-order valence-electron chi connectivity index (χ2n) is 13.5. The fourth-order valence-electron chi connectivity index (χ4n) is 8.83. The predicted molar refractivity (Wildman–Crippen MR) is 161 cm³/mol. The largest absolute Gasteiger partial charge is 0.458 e. The summed E-state index contributed by atoms with van der Waals surface area (Å²) in [5, 5.41) is 19.6. The summed E-state index contributed by atoms with van der Waals surface area (Å²) >= 11 is 3.46. The molecule has 1 spiro atoms. The number of hydrogen-bond acceptors (Lipinski definition) is 8. The molecular formula is C33H46N2O4S2. The van der Waals surface area contributed by atoms with Crippen LogP contribution in [-0.2, 0) is 19.0 Å². The summed E-state index contributed by atoms with van der Waals surface area (Å²) < 4.78 is 18.6. The van der Waals surface area contributed by atoms with Crippen LogP contribution in [0.5, 0.6) is 0 Å². The number of esters is 1. The van der Waals surface area contributed by atoms with Crippen LogP contribution in [0.1, 0.15) is 103 Å². The van der Waals surface area contributed by atoms with Gasteiger partial charge in [-0.3, -0.25) is 0 Å². The maximum Gasteiger partial charge on any atom is 0.350 e. The van der Waals surface area contributed by atoms with Gasteiger partial charge in [0.15, 0.2) is 11.4 Å². The molecule has 2 saturated heterocycles. The van der Waals surface area contributed by atoms with Crippen molar-refractivity contribution in [1.29, 1.82) is 10.5 Å². The van der Waals surface area contributed by atoms with Crippen molar-refractivity contribution in [2.24, 2.45) is 35.5 Å². The van der Waals surface area contributed by atoms with E-state index in [1.54, 1.807) is 23.5 Å². The van der Waals surface area contributed by atoms with Crippen LogP contribution >= 0.6 is 23.5 Å². The molecule has 6 rings (SSSR count). The summed E-state index contributed by atoms with van der Waals surface area (Å²) in [5.74, 6) is 4.30. The molecule has 8 heteroatoms. The highest BCUT2D eigenvalue weighted by molar-refractivity contribution is 8.25. The first-order valence-electron chi connectivity index (χ1n) is 16.4. The quantitative estimate of drug-likeness (QED) is 0.180. The van der Waals surface area contributed by atoms with Crippen LogP contribution < -0.4 is 0 Å². The third-order valence-corrected chi connectivity index (χ3v) is 14.5. The smallest absolute Gasteiger partial charge is 0.350 e. The van der Waals surface area contributed by atoms with Gasteiger partial charge in [-0.2, -0.15) is 10.5 Å². The summed E-state index contributed by atoms with van der Waals surface area (Å²) in [7, 11) is 0. The van der Waals surface area contributed by atoms with E-state index in [2.05, 4.69) is 12.1 Å². The first-order chi connectivity index (χ1) is 20.1. The third kappa shape index (κ3) is 6.98. The molecule has 6 nitrogen and oxygen atoms in total. The van der Waals surface area contributed by atoms with Crippen molar-refractivity contribution in [3.63, 3.8) is 0 Å². The number of carbonyl (C=O) groups is 1. The van der Waals surface area contributed by atoms with Gasteiger partial charge in [-0.25, -0.2) is 4.79 Å². The van der Waals surface area contributed by atoms with Crippen molar-refractivity contribution in [2.75, 3.05) is 19.0 Å². The molecule has 224 valence electrons. The minimum atomic E-state index is -0.404. The molecule has 0 aromatic heterocycles. The molecule has 0 aromatic rings. The van der Waals surface area contributed by atoms with Crippen molar-refractivity contribution < 1.29 is 19.0 Å². The Morgan fingerprint density at radius 1 is 0.756 bits per heavy atom.